The van der Waals surface area contributed by atoms with Crippen LogP contribution in [-0.4, -0.2) is 9.78 Å². The third-order valence-electron chi connectivity index (χ3n) is 4.00. The lowest BCUT2D eigenvalue weighted by Crippen LogP contribution is -2.13. The van der Waals surface area contributed by atoms with E-state index in [1.54, 1.807) is 6.07 Å². The van der Waals surface area contributed by atoms with Gasteiger partial charge in [-0.25, -0.2) is 4.39 Å². The largest absolute Gasteiger partial charge is 0.378 e. The Morgan fingerprint density at radius 3 is 2.81 bits per heavy atom. The minimum absolute atomic E-state index is 0.242. The molecule has 1 heterocycles. The summed E-state index contributed by atoms with van der Waals surface area (Å²) in [4.78, 5) is 0. The van der Waals surface area contributed by atoms with Crippen molar-refractivity contribution in [3.8, 4) is 0 Å². The van der Waals surface area contributed by atoms with E-state index in [0.29, 0.717) is 12.6 Å². The minimum Gasteiger partial charge on any atom is -0.378 e. The van der Waals surface area contributed by atoms with Gasteiger partial charge in [-0.3, -0.25) is 4.68 Å². The molecule has 0 bridgehead atoms. The topological polar surface area (TPSA) is 29.9 Å². The molecule has 0 radical (unpaired) electrons. The van der Waals surface area contributed by atoms with Gasteiger partial charge in [0.05, 0.1) is 18.3 Å². The second-order valence-electron chi connectivity index (χ2n) is 5.56. The van der Waals surface area contributed by atoms with Crippen molar-refractivity contribution in [2.75, 3.05) is 5.32 Å². The predicted octanol–water partition coefficient (Wildman–Crippen LogP) is 4.90. The number of nitrogens with one attached hydrogen (secondary N) is 1. The molecule has 3 nitrogen and oxygen atoms in total. The molecule has 1 aromatic carbocycles. The lowest BCUT2D eigenvalue weighted by Gasteiger charge is -2.21. The number of hydrogen-bond acceptors (Lipinski definition) is 2. The lowest BCUT2D eigenvalue weighted by molar-refractivity contribution is 0.328. The summed E-state index contributed by atoms with van der Waals surface area (Å²) in [6.45, 7) is 0.643. The summed E-state index contributed by atoms with van der Waals surface area (Å²) in [5, 5.41) is 7.94. The third-order valence-corrected chi connectivity index (χ3v) is 4.66. The highest BCUT2D eigenvalue weighted by atomic mass is 79.9. The van der Waals surface area contributed by atoms with Gasteiger partial charge < -0.3 is 5.32 Å². The summed E-state index contributed by atoms with van der Waals surface area (Å²) in [7, 11) is 0. The molecule has 0 saturated heterocycles. The Morgan fingerprint density at radius 1 is 1.24 bits per heavy atom. The standard InChI is InChI=1S/C16H19BrFN3/c17-15-10-12(18)6-7-16(15)19-11-13-8-9-21(20-13)14-4-2-1-3-5-14/h6-10,14,19H,1-5,11H2. The molecule has 1 saturated carbocycles. The van der Waals surface area contributed by atoms with E-state index in [1.165, 1.54) is 44.2 Å². The van der Waals surface area contributed by atoms with Crippen LogP contribution < -0.4 is 5.32 Å². The SMILES string of the molecule is Fc1ccc(NCc2ccn(C3CCCCC3)n2)c(Br)c1. The zero-order chi connectivity index (χ0) is 14.7. The van der Waals surface area contributed by atoms with Gasteiger partial charge in [0, 0.05) is 16.4 Å². The zero-order valence-electron chi connectivity index (χ0n) is 11.9. The number of benzene rings is 1. The molecule has 0 unspecified atom stereocenters. The molecule has 3 rings (SSSR count). The fourth-order valence-corrected chi connectivity index (χ4v) is 3.33. The van der Waals surface area contributed by atoms with Crippen molar-refractivity contribution in [1.82, 2.24) is 9.78 Å². The fourth-order valence-electron chi connectivity index (χ4n) is 2.84. The second-order valence-corrected chi connectivity index (χ2v) is 6.41. The van der Waals surface area contributed by atoms with Crippen molar-refractivity contribution < 1.29 is 4.39 Å². The van der Waals surface area contributed by atoms with Crippen LogP contribution in [0.1, 0.15) is 43.8 Å². The van der Waals surface area contributed by atoms with Gasteiger partial charge in [0.2, 0.25) is 0 Å². The zero-order valence-corrected chi connectivity index (χ0v) is 13.4. The normalized spacial score (nSPS) is 16.1. The molecule has 1 aliphatic carbocycles. The maximum atomic E-state index is 13.0. The summed E-state index contributed by atoms with van der Waals surface area (Å²) in [6.07, 6.45) is 8.51. The van der Waals surface area contributed by atoms with Gasteiger partial charge in [-0.05, 0) is 53.0 Å². The number of halogens is 2. The maximum Gasteiger partial charge on any atom is 0.124 e. The molecule has 2 aromatic rings. The third kappa shape index (κ3) is 3.64. The molecule has 112 valence electrons. The van der Waals surface area contributed by atoms with Gasteiger partial charge in [0.15, 0.2) is 0 Å². The van der Waals surface area contributed by atoms with Crippen LogP contribution in [-0.2, 0) is 6.54 Å². The Hall–Kier alpha value is -1.36. The van der Waals surface area contributed by atoms with Gasteiger partial charge in [0.25, 0.3) is 0 Å². The molecule has 1 N–H and O–H groups in total. The second kappa shape index (κ2) is 6.60. The molecule has 0 atom stereocenters. The first-order chi connectivity index (χ1) is 10.2. The molecule has 0 amide bonds. The lowest BCUT2D eigenvalue weighted by atomic mass is 9.96. The number of nitrogens with zero attached hydrogens (tertiary/aromatic N) is 2. The average molecular weight is 352 g/mol. The summed E-state index contributed by atoms with van der Waals surface area (Å²) >= 11 is 3.36. The van der Waals surface area contributed by atoms with Crippen LogP contribution in [0.3, 0.4) is 0 Å². The van der Waals surface area contributed by atoms with Crippen molar-refractivity contribution in [1.29, 1.82) is 0 Å². The van der Waals surface area contributed by atoms with Crippen LogP contribution in [0.25, 0.3) is 0 Å². The van der Waals surface area contributed by atoms with Crippen LogP contribution >= 0.6 is 15.9 Å². The van der Waals surface area contributed by atoms with Gasteiger partial charge in [0.1, 0.15) is 5.82 Å². The summed E-state index contributed by atoms with van der Waals surface area (Å²) in [5.41, 5.74) is 1.89. The van der Waals surface area contributed by atoms with Gasteiger partial charge in [-0.1, -0.05) is 19.3 Å². The van der Waals surface area contributed by atoms with Crippen molar-refractivity contribution in [3.63, 3.8) is 0 Å². The Balaban J connectivity index is 1.61. The molecule has 0 aliphatic heterocycles. The Kier molecular flexibility index (Phi) is 4.58. The molecule has 0 spiro atoms. The smallest absolute Gasteiger partial charge is 0.124 e. The first kappa shape index (κ1) is 14.6. The highest BCUT2D eigenvalue weighted by Crippen LogP contribution is 2.28. The molecule has 5 heteroatoms. The monoisotopic (exact) mass is 351 g/mol. The maximum absolute atomic E-state index is 13.0. The number of hydrogen-bond donors (Lipinski definition) is 1. The molecule has 1 aliphatic rings. The summed E-state index contributed by atoms with van der Waals surface area (Å²) in [5.74, 6) is -0.242. The van der Waals surface area contributed by atoms with E-state index < -0.39 is 0 Å². The van der Waals surface area contributed by atoms with E-state index in [0.717, 1.165) is 15.9 Å². The van der Waals surface area contributed by atoms with Gasteiger partial charge in [-0.15, -0.1) is 0 Å². The molecular formula is C16H19BrFN3. The van der Waals surface area contributed by atoms with Crippen molar-refractivity contribution in [2.24, 2.45) is 0 Å². The van der Waals surface area contributed by atoms with Crippen molar-refractivity contribution in [2.45, 2.75) is 44.7 Å². The van der Waals surface area contributed by atoms with E-state index in [1.807, 2.05) is 0 Å². The molecular weight excluding hydrogens is 333 g/mol. The highest BCUT2D eigenvalue weighted by molar-refractivity contribution is 9.10. The highest BCUT2D eigenvalue weighted by Gasteiger charge is 2.15. The number of rotatable bonds is 4. The van der Waals surface area contributed by atoms with Gasteiger partial charge >= 0.3 is 0 Å². The van der Waals surface area contributed by atoms with E-state index in [9.17, 15) is 4.39 Å². The van der Waals surface area contributed by atoms with Crippen LogP contribution in [0.15, 0.2) is 34.9 Å². The molecule has 1 fully saturated rings. The first-order valence-corrected chi connectivity index (χ1v) is 8.24. The van der Waals surface area contributed by atoms with Crippen LogP contribution in [0.2, 0.25) is 0 Å². The van der Waals surface area contributed by atoms with E-state index in [2.05, 4.69) is 43.3 Å². The Bertz CT molecular complexity index is 605. The van der Waals surface area contributed by atoms with E-state index in [4.69, 9.17) is 0 Å². The van der Waals surface area contributed by atoms with Crippen LogP contribution in [0, 0.1) is 5.82 Å². The minimum atomic E-state index is -0.242. The molecule has 1 aromatic heterocycles. The van der Waals surface area contributed by atoms with E-state index >= 15 is 0 Å². The van der Waals surface area contributed by atoms with Crippen LogP contribution in [0.4, 0.5) is 10.1 Å². The molecule has 21 heavy (non-hydrogen) atoms. The average Bonchev–Trinajstić information content (AvgIpc) is 2.96. The fraction of sp³-hybridized carbons (Fsp3) is 0.438. The number of anilines is 1. The van der Waals surface area contributed by atoms with Crippen LogP contribution in [0.5, 0.6) is 0 Å². The Morgan fingerprint density at radius 2 is 2.05 bits per heavy atom. The first-order valence-electron chi connectivity index (χ1n) is 7.45. The summed E-state index contributed by atoms with van der Waals surface area (Å²) in [6, 6.07) is 7.26. The van der Waals surface area contributed by atoms with Crippen molar-refractivity contribution in [3.05, 3.63) is 46.4 Å². The Labute approximate surface area is 132 Å². The number of aromatic nitrogens is 2. The quantitative estimate of drug-likeness (QED) is 0.848. The summed E-state index contributed by atoms with van der Waals surface area (Å²) < 4.78 is 15.9. The van der Waals surface area contributed by atoms with E-state index in [-0.39, 0.29) is 5.82 Å². The predicted molar refractivity (Wildman–Crippen MR) is 85.8 cm³/mol. The van der Waals surface area contributed by atoms with Gasteiger partial charge in [-0.2, -0.15) is 5.10 Å². The van der Waals surface area contributed by atoms with Crippen molar-refractivity contribution >= 4 is 21.6 Å².